The van der Waals surface area contributed by atoms with Crippen LogP contribution in [0.4, 0.5) is 10.1 Å². The topological polar surface area (TPSA) is 15.3 Å². The minimum atomic E-state index is -0.144. The normalized spacial score (nSPS) is 20.6. The molecule has 102 valence electrons. The van der Waals surface area contributed by atoms with Crippen molar-refractivity contribution in [2.24, 2.45) is 0 Å². The second kappa shape index (κ2) is 4.60. The van der Waals surface area contributed by atoms with Crippen LogP contribution in [0, 0.1) is 5.82 Å². The molecule has 20 heavy (non-hydrogen) atoms. The van der Waals surface area contributed by atoms with E-state index in [1.807, 2.05) is 6.07 Å². The lowest BCUT2D eigenvalue weighted by Gasteiger charge is -2.38. The summed E-state index contributed by atoms with van der Waals surface area (Å²) in [5, 5.41) is 3.48. The molecule has 0 aliphatic carbocycles. The molecule has 2 aromatic carbocycles. The molecule has 2 heterocycles. The summed E-state index contributed by atoms with van der Waals surface area (Å²) >= 11 is 0. The van der Waals surface area contributed by atoms with Crippen molar-refractivity contribution in [3.8, 4) is 0 Å². The Hall–Kier alpha value is -1.87. The quantitative estimate of drug-likeness (QED) is 0.790. The van der Waals surface area contributed by atoms with Crippen LogP contribution in [0.1, 0.15) is 22.7 Å². The van der Waals surface area contributed by atoms with Gasteiger partial charge in [0.1, 0.15) is 5.82 Å². The zero-order chi connectivity index (χ0) is 13.5. The van der Waals surface area contributed by atoms with Crippen molar-refractivity contribution in [2.45, 2.75) is 12.5 Å². The van der Waals surface area contributed by atoms with E-state index in [-0.39, 0.29) is 5.82 Å². The van der Waals surface area contributed by atoms with Crippen LogP contribution < -0.4 is 10.2 Å². The first-order valence-corrected chi connectivity index (χ1v) is 7.16. The van der Waals surface area contributed by atoms with Gasteiger partial charge in [-0.15, -0.1) is 0 Å². The highest BCUT2D eigenvalue weighted by Crippen LogP contribution is 2.37. The van der Waals surface area contributed by atoms with E-state index in [1.54, 1.807) is 12.1 Å². The summed E-state index contributed by atoms with van der Waals surface area (Å²) in [4.78, 5) is 2.43. The molecule has 0 amide bonds. The fourth-order valence-electron chi connectivity index (χ4n) is 3.47. The third-order valence-electron chi connectivity index (χ3n) is 4.39. The van der Waals surface area contributed by atoms with E-state index in [1.165, 1.54) is 16.8 Å². The van der Waals surface area contributed by atoms with E-state index in [2.05, 4.69) is 34.5 Å². The average molecular weight is 268 g/mol. The van der Waals surface area contributed by atoms with Crippen LogP contribution in [-0.4, -0.2) is 19.6 Å². The first-order valence-electron chi connectivity index (χ1n) is 7.16. The van der Waals surface area contributed by atoms with Gasteiger partial charge in [-0.3, -0.25) is 0 Å². The second-order valence-corrected chi connectivity index (χ2v) is 5.56. The van der Waals surface area contributed by atoms with E-state index in [0.717, 1.165) is 31.6 Å². The molecule has 2 aliphatic rings. The number of rotatable bonds is 0. The Labute approximate surface area is 118 Å². The van der Waals surface area contributed by atoms with E-state index in [4.69, 9.17) is 0 Å². The molecule has 1 fully saturated rings. The summed E-state index contributed by atoms with van der Waals surface area (Å²) < 4.78 is 13.6. The maximum Gasteiger partial charge on any atom is 0.123 e. The third-order valence-corrected chi connectivity index (χ3v) is 4.39. The van der Waals surface area contributed by atoms with Crippen molar-refractivity contribution in [1.82, 2.24) is 5.32 Å². The Balaban J connectivity index is 1.92. The zero-order valence-corrected chi connectivity index (χ0v) is 11.3. The lowest BCUT2D eigenvalue weighted by Crippen LogP contribution is -2.46. The van der Waals surface area contributed by atoms with Gasteiger partial charge in [0.05, 0.1) is 6.04 Å². The van der Waals surface area contributed by atoms with Crippen molar-refractivity contribution in [3.63, 3.8) is 0 Å². The van der Waals surface area contributed by atoms with Crippen LogP contribution in [0.2, 0.25) is 0 Å². The highest BCUT2D eigenvalue weighted by molar-refractivity contribution is 5.60. The number of hydrogen-bond acceptors (Lipinski definition) is 2. The van der Waals surface area contributed by atoms with Gasteiger partial charge in [-0.2, -0.15) is 0 Å². The smallest absolute Gasteiger partial charge is 0.123 e. The fraction of sp³-hybridized carbons (Fsp3) is 0.294. The highest BCUT2D eigenvalue weighted by Gasteiger charge is 2.30. The van der Waals surface area contributed by atoms with Crippen molar-refractivity contribution in [3.05, 3.63) is 65.0 Å². The lowest BCUT2D eigenvalue weighted by molar-refractivity contribution is 0.490. The largest absolute Gasteiger partial charge is 0.362 e. The Morgan fingerprint density at radius 3 is 2.95 bits per heavy atom. The van der Waals surface area contributed by atoms with Crippen LogP contribution in [0.25, 0.3) is 0 Å². The summed E-state index contributed by atoms with van der Waals surface area (Å²) in [6, 6.07) is 14.1. The van der Waals surface area contributed by atoms with E-state index in [0.29, 0.717) is 6.04 Å². The maximum atomic E-state index is 13.6. The average Bonchev–Trinajstić information content (AvgIpc) is 2.61. The minimum Gasteiger partial charge on any atom is -0.362 e. The minimum absolute atomic E-state index is 0.144. The number of fused-ring (bicyclic) bond motifs is 5. The highest BCUT2D eigenvalue weighted by atomic mass is 19.1. The number of halogens is 1. The predicted molar refractivity (Wildman–Crippen MR) is 78.6 cm³/mol. The van der Waals surface area contributed by atoms with Gasteiger partial charge in [0, 0.05) is 25.3 Å². The number of nitrogens with zero attached hydrogens (tertiary/aromatic N) is 1. The molecule has 0 bridgehead atoms. The molecule has 2 nitrogen and oxygen atoms in total. The Morgan fingerprint density at radius 1 is 1.10 bits per heavy atom. The first kappa shape index (κ1) is 11.9. The van der Waals surface area contributed by atoms with Crippen LogP contribution in [-0.2, 0) is 6.42 Å². The van der Waals surface area contributed by atoms with Gasteiger partial charge in [0.15, 0.2) is 0 Å². The van der Waals surface area contributed by atoms with E-state index < -0.39 is 0 Å². The van der Waals surface area contributed by atoms with Crippen LogP contribution in [0.15, 0.2) is 42.5 Å². The molecule has 0 saturated carbocycles. The van der Waals surface area contributed by atoms with Crippen LogP contribution >= 0.6 is 0 Å². The third kappa shape index (κ3) is 1.81. The van der Waals surface area contributed by atoms with Gasteiger partial charge in [-0.05, 0) is 41.3 Å². The summed E-state index contributed by atoms with van der Waals surface area (Å²) in [5.41, 5.74) is 4.97. The van der Waals surface area contributed by atoms with Crippen molar-refractivity contribution < 1.29 is 4.39 Å². The van der Waals surface area contributed by atoms with Crippen molar-refractivity contribution in [1.29, 1.82) is 0 Å². The van der Waals surface area contributed by atoms with Crippen molar-refractivity contribution >= 4 is 5.69 Å². The molecular weight excluding hydrogens is 251 g/mol. The molecule has 2 aromatic rings. The Morgan fingerprint density at radius 2 is 2.00 bits per heavy atom. The van der Waals surface area contributed by atoms with E-state index in [9.17, 15) is 4.39 Å². The predicted octanol–water partition coefficient (Wildman–Crippen LogP) is 2.88. The first-order chi connectivity index (χ1) is 9.83. The van der Waals surface area contributed by atoms with Gasteiger partial charge >= 0.3 is 0 Å². The molecule has 1 N–H and O–H groups in total. The number of piperazine rings is 1. The van der Waals surface area contributed by atoms with Gasteiger partial charge in [-0.1, -0.05) is 24.3 Å². The lowest BCUT2D eigenvalue weighted by atomic mass is 9.96. The molecule has 0 spiro atoms. The molecule has 0 unspecified atom stereocenters. The molecule has 0 aromatic heterocycles. The maximum absolute atomic E-state index is 13.6. The van der Waals surface area contributed by atoms with Gasteiger partial charge in [0.2, 0.25) is 0 Å². The second-order valence-electron chi connectivity index (χ2n) is 5.56. The molecular formula is C17H17FN2. The van der Waals surface area contributed by atoms with E-state index >= 15 is 0 Å². The van der Waals surface area contributed by atoms with Crippen LogP contribution in [0.3, 0.4) is 0 Å². The molecule has 0 radical (unpaired) electrons. The van der Waals surface area contributed by atoms with Gasteiger partial charge in [0.25, 0.3) is 0 Å². The standard InChI is InChI=1S/C17H17FN2/c18-14-5-6-16-13(10-14)9-12-3-1-2-4-15(12)17-11-19-7-8-20(16)17/h1-6,10,17,19H,7-9,11H2/t17-/m1/s1. The summed E-state index contributed by atoms with van der Waals surface area (Å²) in [6.07, 6.45) is 0.816. The van der Waals surface area contributed by atoms with Gasteiger partial charge in [-0.25, -0.2) is 4.39 Å². The fourth-order valence-corrected chi connectivity index (χ4v) is 3.47. The summed E-state index contributed by atoms with van der Waals surface area (Å²) in [5.74, 6) is -0.144. The zero-order valence-electron chi connectivity index (χ0n) is 11.3. The summed E-state index contributed by atoms with van der Waals surface area (Å²) in [6.45, 7) is 2.90. The monoisotopic (exact) mass is 268 g/mol. The van der Waals surface area contributed by atoms with Crippen molar-refractivity contribution in [2.75, 3.05) is 24.5 Å². The molecule has 4 rings (SSSR count). The number of anilines is 1. The summed E-state index contributed by atoms with van der Waals surface area (Å²) in [7, 11) is 0. The molecule has 1 saturated heterocycles. The number of benzene rings is 2. The molecule has 2 aliphatic heterocycles. The molecule has 1 atom stereocenters. The number of hydrogen-bond donors (Lipinski definition) is 1. The van der Waals surface area contributed by atoms with Crippen LogP contribution in [0.5, 0.6) is 0 Å². The number of nitrogens with one attached hydrogen (secondary N) is 1. The Kier molecular flexibility index (Phi) is 2.74. The SMILES string of the molecule is Fc1ccc2c(c1)Cc1ccccc1[C@H]1CNCCN21. The molecule has 3 heteroatoms. The Bertz CT molecular complexity index is 653. The van der Waals surface area contributed by atoms with Gasteiger partial charge < -0.3 is 10.2 Å².